The van der Waals surface area contributed by atoms with Crippen LogP contribution in [-0.2, 0) is 4.79 Å². The van der Waals surface area contributed by atoms with Crippen LogP contribution in [0.3, 0.4) is 0 Å². The Bertz CT molecular complexity index is 1160. The van der Waals surface area contributed by atoms with Gasteiger partial charge in [-0.05, 0) is 48.0 Å². The van der Waals surface area contributed by atoms with Gasteiger partial charge in [0.25, 0.3) is 5.91 Å². The lowest BCUT2D eigenvalue weighted by Crippen LogP contribution is -2.39. The Kier molecular flexibility index (Phi) is 5.77. The minimum absolute atomic E-state index is 0.223. The van der Waals surface area contributed by atoms with Gasteiger partial charge in [0.1, 0.15) is 29.7 Å². The summed E-state index contributed by atoms with van der Waals surface area (Å²) in [6, 6.07) is 13.3. The highest BCUT2D eigenvalue weighted by molar-refractivity contribution is 6.01. The van der Waals surface area contributed by atoms with E-state index in [0.717, 1.165) is 0 Å². The molecule has 0 aliphatic carbocycles. The molecule has 32 heavy (non-hydrogen) atoms. The number of rotatable bonds is 4. The SMILES string of the molecule is COc1cc(OC)cc(C(=O)N2CC(=O)Nc3ccc(F)cc3C2c2ccc(F)cc2)c1. The van der Waals surface area contributed by atoms with Crippen LogP contribution in [-0.4, -0.2) is 37.5 Å². The van der Waals surface area contributed by atoms with Gasteiger partial charge in [0.2, 0.25) is 5.91 Å². The molecule has 6 nitrogen and oxygen atoms in total. The van der Waals surface area contributed by atoms with Gasteiger partial charge < -0.3 is 19.7 Å². The summed E-state index contributed by atoms with van der Waals surface area (Å²) < 4.78 is 38.3. The summed E-state index contributed by atoms with van der Waals surface area (Å²) in [6.45, 7) is -0.295. The number of carbonyl (C=O) groups is 2. The van der Waals surface area contributed by atoms with Gasteiger partial charge in [-0.3, -0.25) is 9.59 Å². The van der Waals surface area contributed by atoms with E-state index in [-0.39, 0.29) is 12.1 Å². The first-order valence-corrected chi connectivity index (χ1v) is 9.78. The van der Waals surface area contributed by atoms with Crippen LogP contribution in [0.1, 0.15) is 27.5 Å². The number of anilines is 1. The summed E-state index contributed by atoms with van der Waals surface area (Å²) in [5.41, 5.74) is 1.51. The predicted molar refractivity (Wildman–Crippen MR) is 114 cm³/mol. The zero-order valence-electron chi connectivity index (χ0n) is 17.4. The molecule has 0 saturated carbocycles. The average molecular weight is 438 g/mol. The fourth-order valence-corrected chi connectivity index (χ4v) is 3.77. The van der Waals surface area contributed by atoms with Gasteiger partial charge in [0.05, 0.1) is 20.3 Å². The highest BCUT2D eigenvalue weighted by Gasteiger charge is 2.34. The number of hydrogen-bond acceptors (Lipinski definition) is 4. The summed E-state index contributed by atoms with van der Waals surface area (Å²) in [4.78, 5) is 27.6. The third kappa shape index (κ3) is 4.12. The van der Waals surface area contributed by atoms with Crippen molar-refractivity contribution in [2.24, 2.45) is 0 Å². The quantitative estimate of drug-likeness (QED) is 0.664. The average Bonchev–Trinajstić information content (AvgIpc) is 2.94. The number of ether oxygens (including phenoxy) is 2. The second-order valence-corrected chi connectivity index (χ2v) is 7.27. The summed E-state index contributed by atoms with van der Waals surface area (Å²) in [5.74, 6) is -1.11. The number of carbonyl (C=O) groups excluding carboxylic acids is 2. The molecule has 8 heteroatoms. The van der Waals surface area contributed by atoms with Crippen LogP contribution in [0.25, 0.3) is 0 Å². The predicted octanol–water partition coefficient (Wildman–Crippen LogP) is 4.17. The first-order chi connectivity index (χ1) is 15.4. The summed E-state index contributed by atoms with van der Waals surface area (Å²) in [7, 11) is 2.92. The minimum atomic E-state index is -0.843. The molecule has 0 fully saturated rings. The van der Waals surface area contributed by atoms with Crippen LogP contribution in [0.4, 0.5) is 14.5 Å². The molecule has 1 heterocycles. The van der Waals surface area contributed by atoms with E-state index in [4.69, 9.17) is 9.47 Å². The van der Waals surface area contributed by atoms with Crippen LogP contribution in [0, 0.1) is 11.6 Å². The van der Waals surface area contributed by atoms with Gasteiger partial charge in [-0.2, -0.15) is 0 Å². The minimum Gasteiger partial charge on any atom is -0.497 e. The van der Waals surface area contributed by atoms with Crippen molar-refractivity contribution in [1.29, 1.82) is 0 Å². The summed E-state index contributed by atoms with van der Waals surface area (Å²) in [5, 5.41) is 2.72. The van der Waals surface area contributed by atoms with E-state index >= 15 is 0 Å². The van der Waals surface area contributed by atoms with Crippen LogP contribution >= 0.6 is 0 Å². The smallest absolute Gasteiger partial charge is 0.255 e. The Hall–Kier alpha value is -3.94. The standard InChI is InChI=1S/C24H20F2N2O4/c1-31-18-9-15(10-19(12-18)32-2)24(30)28-13-22(29)27-21-8-7-17(26)11-20(21)23(28)14-3-5-16(25)6-4-14/h3-12,23H,13H2,1-2H3,(H,27,29). The first kappa shape index (κ1) is 21.3. The van der Waals surface area contributed by atoms with Gasteiger partial charge in [-0.15, -0.1) is 0 Å². The number of hydrogen-bond donors (Lipinski definition) is 1. The second-order valence-electron chi connectivity index (χ2n) is 7.27. The molecule has 3 aromatic rings. The molecule has 1 aliphatic rings. The highest BCUT2D eigenvalue weighted by Crippen LogP contribution is 2.37. The van der Waals surface area contributed by atoms with Crippen molar-refractivity contribution in [3.05, 3.63) is 89.0 Å². The van der Waals surface area contributed by atoms with E-state index in [2.05, 4.69) is 5.32 Å². The van der Waals surface area contributed by atoms with Gasteiger partial charge in [0.15, 0.2) is 0 Å². The number of benzene rings is 3. The zero-order valence-corrected chi connectivity index (χ0v) is 17.4. The lowest BCUT2D eigenvalue weighted by Gasteiger charge is -2.31. The molecule has 0 aromatic heterocycles. The number of nitrogens with one attached hydrogen (secondary N) is 1. The van der Waals surface area contributed by atoms with Crippen LogP contribution < -0.4 is 14.8 Å². The van der Waals surface area contributed by atoms with Gasteiger partial charge in [-0.25, -0.2) is 8.78 Å². The lowest BCUT2D eigenvalue weighted by molar-refractivity contribution is -0.117. The summed E-state index contributed by atoms with van der Waals surface area (Å²) >= 11 is 0. The maximum absolute atomic E-state index is 14.2. The molecule has 0 radical (unpaired) electrons. The molecular formula is C24H20F2N2O4. The Balaban J connectivity index is 1.89. The molecule has 3 aromatic carbocycles. The fourth-order valence-electron chi connectivity index (χ4n) is 3.77. The molecule has 1 atom stereocenters. The number of amides is 2. The van der Waals surface area contributed by atoms with E-state index in [1.807, 2.05) is 0 Å². The number of fused-ring (bicyclic) bond motifs is 1. The monoisotopic (exact) mass is 438 g/mol. The largest absolute Gasteiger partial charge is 0.497 e. The van der Waals surface area contributed by atoms with Crippen LogP contribution in [0.2, 0.25) is 0 Å². The normalized spacial score (nSPS) is 15.4. The van der Waals surface area contributed by atoms with E-state index in [9.17, 15) is 18.4 Å². The topological polar surface area (TPSA) is 67.9 Å². The van der Waals surface area contributed by atoms with Gasteiger partial charge >= 0.3 is 0 Å². The Labute approximate surface area is 183 Å². The van der Waals surface area contributed by atoms with Crippen molar-refractivity contribution in [2.75, 3.05) is 26.1 Å². The van der Waals surface area contributed by atoms with Crippen molar-refractivity contribution in [3.8, 4) is 11.5 Å². The zero-order chi connectivity index (χ0) is 22.8. The van der Waals surface area contributed by atoms with E-state index in [1.165, 1.54) is 73.7 Å². The van der Waals surface area contributed by atoms with Crippen molar-refractivity contribution in [2.45, 2.75) is 6.04 Å². The Morgan fingerprint density at radius 2 is 1.56 bits per heavy atom. The van der Waals surface area contributed by atoms with E-state index < -0.39 is 29.5 Å². The van der Waals surface area contributed by atoms with Gasteiger partial charge in [0, 0.05) is 22.9 Å². The summed E-state index contributed by atoms with van der Waals surface area (Å²) in [6.07, 6.45) is 0. The third-order valence-electron chi connectivity index (χ3n) is 5.25. The maximum atomic E-state index is 14.2. The highest BCUT2D eigenvalue weighted by atomic mass is 19.1. The molecule has 2 amide bonds. The second kappa shape index (κ2) is 8.66. The molecular weight excluding hydrogens is 418 g/mol. The maximum Gasteiger partial charge on any atom is 0.255 e. The van der Waals surface area contributed by atoms with Crippen molar-refractivity contribution in [1.82, 2.24) is 4.90 Å². The lowest BCUT2D eigenvalue weighted by atomic mass is 9.95. The molecule has 1 unspecified atom stereocenters. The van der Waals surface area contributed by atoms with E-state index in [1.54, 1.807) is 6.07 Å². The number of nitrogens with zero attached hydrogens (tertiary/aromatic N) is 1. The van der Waals surface area contributed by atoms with Gasteiger partial charge in [-0.1, -0.05) is 12.1 Å². The van der Waals surface area contributed by atoms with E-state index in [0.29, 0.717) is 28.3 Å². The molecule has 1 N–H and O–H groups in total. The molecule has 0 bridgehead atoms. The first-order valence-electron chi connectivity index (χ1n) is 9.78. The Morgan fingerprint density at radius 3 is 2.19 bits per heavy atom. The molecule has 1 aliphatic heterocycles. The molecule has 164 valence electrons. The van der Waals surface area contributed by atoms with Crippen LogP contribution in [0.5, 0.6) is 11.5 Å². The third-order valence-corrected chi connectivity index (χ3v) is 5.25. The van der Waals surface area contributed by atoms with Crippen molar-refractivity contribution < 1.29 is 27.8 Å². The van der Waals surface area contributed by atoms with Crippen molar-refractivity contribution >= 4 is 17.5 Å². The molecule has 4 rings (SSSR count). The number of halogens is 2. The number of methoxy groups -OCH3 is 2. The fraction of sp³-hybridized carbons (Fsp3) is 0.167. The molecule has 0 spiro atoms. The Morgan fingerprint density at radius 1 is 0.938 bits per heavy atom. The van der Waals surface area contributed by atoms with Crippen molar-refractivity contribution in [3.63, 3.8) is 0 Å². The molecule has 0 saturated heterocycles. The van der Waals surface area contributed by atoms with Crippen LogP contribution in [0.15, 0.2) is 60.7 Å².